The standard InChI is InChI=1S/C13H15N3O6S3/c1-15(2)25(21,22)13-8-7-10(23-13)9-14-24(19,20)12-6-4-3-5-11(12)16(17)18/h3-8,14H,9H2,1-2H3. The zero-order valence-electron chi connectivity index (χ0n) is 13.2. The van der Waals surface area contributed by atoms with Gasteiger partial charge >= 0.3 is 0 Å². The highest BCUT2D eigenvalue weighted by atomic mass is 32.2. The molecule has 0 spiro atoms. The molecule has 0 amide bonds. The molecule has 0 aliphatic carbocycles. The maximum Gasteiger partial charge on any atom is 0.289 e. The van der Waals surface area contributed by atoms with Gasteiger partial charge in [-0.2, -0.15) is 0 Å². The van der Waals surface area contributed by atoms with Gasteiger partial charge < -0.3 is 0 Å². The third kappa shape index (κ3) is 4.22. The lowest BCUT2D eigenvalue weighted by Crippen LogP contribution is -2.23. The fraction of sp³-hybridized carbons (Fsp3) is 0.231. The second-order valence-electron chi connectivity index (χ2n) is 5.06. The first kappa shape index (κ1) is 19.5. The van der Waals surface area contributed by atoms with Gasteiger partial charge in [0.25, 0.3) is 15.7 Å². The smallest absolute Gasteiger partial charge is 0.258 e. The molecule has 0 radical (unpaired) electrons. The van der Waals surface area contributed by atoms with E-state index >= 15 is 0 Å². The van der Waals surface area contributed by atoms with Crippen LogP contribution >= 0.6 is 11.3 Å². The Labute approximate surface area is 149 Å². The molecular formula is C13H15N3O6S3. The number of sulfonamides is 2. The molecule has 0 fully saturated rings. The van der Waals surface area contributed by atoms with Gasteiger partial charge in [0.1, 0.15) is 4.21 Å². The lowest BCUT2D eigenvalue weighted by atomic mass is 10.3. The minimum absolute atomic E-state index is 0.0809. The lowest BCUT2D eigenvalue weighted by molar-refractivity contribution is -0.387. The minimum atomic E-state index is -4.12. The number of hydrogen-bond donors (Lipinski definition) is 1. The molecule has 1 aromatic carbocycles. The average molecular weight is 405 g/mol. The summed E-state index contributed by atoms with van der Waals surface area (Å²) in [6, 6.07) is 7.86. The molecule has 0 unspecified atom stereocenters. The number of para-hydroxylation sites is 1. The highest BCUT2D eigenvalue weighted by molar-refractivity contribution is 7.91. The first-order valence-corrected chi connectivity index (χ1v) is 10.5. The zero-order chi connectivity index (χ0) is 18.8. The SMILES string of the molecule is CN(C)S(=O)(=O)c1ccc(CNS(=O)(=O)c2ccccc2[N+](=O)[O-])s1. The summed E-state index contributed by atoms with van der Waals surface area (Å²) >= 11 is 0.924. The number of thiophene rings is 1. The van der Waals surface area contributed by atoms with Crippen LogP contribution in [0.2, 0.25) is 0 Å². The number of nitro benzene ring substituents is 1. The van der Waals surface area contributed by atoms with Crippen LogP contribution in [-0.2, 0) is 26.6 Å². The van der Waals surface area contributed by atoms with Crippen molar-refractivity contribution >= 4 is 37.1 Å². The molecule has 9 nitrogen and oxygen atoms in total. The second kappa shape index (κ2) is 7.17. The van der Waals surface area contributed by atoms with Crippen LogP contribution < -0.4 is 4.72 Å². The Hall–Kier alpha value is -1.86. The van der Waals surface area contributed by atoms with Crippen LogP contribution in [0.15, 0.2) is 45.5 Å². The first-order chi connectivity index (χ1) is 11.6. The summed E-state index contributed by atoms with van der Waals surface area (Å²) in [6.45, 7) is -0.179. The summed E-state index contributed by atoms with van der Waals surface area (Å²) in [7, 11) is -4.93. The molecule has 136 valence electrons. The van der Waals surface area contributed by atoms with Gasteiger partial charge in [0.05, 0.1) is 4.92 Å². The number of nitrogens with one attached hydrogen (secondary N) is 1. The van der Waals surface area contributed by atoms with Gasteiger partial charge in [0.15, 0.2) is 4.90 Å². The summed E-state index contributed by atoms with van der Waals surface area (Å²) in [5.74, 6) is 0. The minimum Gasteiger partial charge on any atom is -0.258 e. The van der Waals surface area contributed by atoms with Crippen molar-refractivity contribution in [2.45, 2.75) is 15.6 Å². The Kier molecular flexibility index (Phi) is 5.58. The van der Waals surface area contributed by atoms with Gasteiger partial charge in [-0.3, -0.25) is 10.1 Å². The largest absolute Gasteiger partial charge is 0.289 e. The van der Waals surface area contributed by atoms with Crippen molar-refractivity contribution in [2.24, 2.45) is 0 Å². The number of benzene rings is 1. The molecule has 2 rings (SSSR count). The molecule has 1 aromatic heterocycles. The fourth-order valence-electron chi connectivity index (χ4n) is 1.85. The quantitative estimate of drug-likeness (QED) is 0.548. The maximum atomic E-state index is 12.3. The lowest BCUT2D eigenvalue weighted by Gasteiger charge is -2.08. The summed E-state index contributed by atoms with van der Waals surface area (Å²) in [5, 5.41) is 11.0. The molecule has 2 aromatic rings. The van der Waals surface area contributed by atoms with Crippen molar-refractivity contribution in [3.05, 3.63) is 51.4 Å². The van der Waals surface area contributed by atoms with E-state index in [4.69, 9.17) is 0 Å². The van der Waals surface area contributed by atoms with Crippen molar-refractivity contribution in [1.29, 1.82) is 0 Å². The fourth-order valence-corrected chi connectivity index (χ4v) is 5.58. The van der Waals surface area contributed by atoms with E-state index in [0.29, 0.717) is 4.88 Å². The summed E-state index contributed by atoms with van der Waals surface area (Å²) in [4.78, 5) is 10.2. The average Bonchev–Trinajstić information content (AvgIpc) is 3.02. The Morgan fingerprint density at radius 1 is 1.12 bits per heavy atom. The van der Waals surface area contributed by atoms with Crippen molar-refractivity contribution in [3.8, 4) is 0 Å². The maximum absolute atomic E-state index is 12.3. The van der Waals surface area contributed by atoms with Crippen LogP contribution in [0.5, 0.6) is 0 Å². The first-order valence-electron chi connectivity index (χ1n) is 6.80. The molecule has 0 saturated heterocycles. The van der Waals surface area contributed by atoms with E-state index in [9.17, 15) is 26.9 Å². The van der Waals surface area contributed by atoms with Crippen LogP contribution in [0.3, 0.4) is 0 Å². The molecule has 0 atom stereocenters. The molecule has 12 heteroatoms. The predicted octanol–water partition coefficient (Wildman–Crippen LogP) is 1.39. The Morgan fingerprint density at radius 3 is 2.36 bits per heavy atom. The number of hydrogen-bond acceptors (Lipinski definition) is 7. The monoisotopic (exact) mass is 405 g/mol. The van der Waals surface area contributed by atoms with E-state index in [0.717, 1.165) is 27.8 Å². The van der Waals surface area contributed by atoms with E-state index < -0.39 is 35.6 Å². The van der Waals surface area contributed by atoms with Crippen LogP contribution in [0.4, 0.5) is 5.69 Å². The summed E-state index contributed by atoms with van der Waals surface area (Å²) in [6.07, 6.45) is 0. The summed E-state index contributed by atoms with van der Waals surface area (Å²) < 4.78 is 52.0. The Balaban J connectivity index is 2.22. The third-order valence-corrected chi connectivity index (χ3v) is 7.98. The van der Waals surface area contributed by atoms with Crippen LogP contribution in [0.25, 0.3) is 0 Å². The van der Waals surface area contributed by atoms with Crippen molar-refractivity contribution < 1.29 is 21.8 Å². The Morgan fingerprint density at radius 2 is 1.76 bits per heavy atom. The number of nitrogens with zero attached hydrogens (tertiary/aromatic N) is 2. The van der Waals surface area contributed by atoms with E-state index in [2.05, 4.69) is 4.72 Å². The van der Waals surface area contributed by atoms with Gasteiger partial charge in [-0.25, -0.2) is 25.9 Å². The van der Waals surface area contributed by atoms with Crippen molar-refractivity contribution in [1.82, 2.24) is 9.03 Å². The molecular weight excluding hydrogens is 390 g/mol. The number of nitro groups is 1. The third-order valence-electron chi connectivity index (χ3n) is 3.16. The van der Waals surface area contributed by atoms with Gasteiger partial charge in [0, 0.05) is 31.6 Å². The van der Waals surface area contributed by atoms with Crippen molar-refractivity contribution in [2.75, 3.05) is 14.1 Å². The highest BCUT2D eigenvalue weighted by Gasteiger charge is 2.25. The normalized spacial score (nSPS) is 12.4. The van der Waals surface area contributed by atoms with Crippen molar-refractivity contribution in [3.63, 3.8) is 0 Å². The highest BCUT2D eigenvalue weighted by Crippen LogP contribution is 2.25. The van der Waals surface area contributed by atoms with Crippen LogP contribution in [0, 0.1) is 10.1 Å². The van der Waals surface area contributed by atoms with Gasteiger partial charge in [-0.15, -0.1) is 11.3 Å². The molecule has 0 aliphatic rings. The van der Waals surface area contributed by atoms with Gasteiger partial charge in [-0.1, -0.05) is 12.1 Å². The molecule has 0 saturated carbocycles. The number of rotatable bonds is 7. The summed E-state index contributed by atoms with van der Waals surface area (Å²) in [5.41, 5.74) is -0.531. The van der Waals surface area contributed by atoms with Gasteiger partial charge in [-0.05, 0) is 18.2 Å². The zero-order valence-corrected chi connectivity index (χ0v) is 15.7. The van der Waals surface area contributed by atoms with Gasteiger partial charge in [0.2, 0.25) is 10.0 Å². The predicted molar refractivity (Wildman–Crippen MR) is 92.3 cm³/mol. The van der Waals surface area contributed by atoms with E-state index in [1.54, 1.807) is 0 Å². The molecule has 25 heavy (non-hydrogen) atoms. The topological polar surface area (TPSA) is 127 Å². The van der Waals surface area contributed by atoms with Crippen LogP contribution in [0.1, 0.15) is 4.88 Å². The van der Waals surface area contributed by atoms with Crippen LogP contribution in [-0.4, -0.2) is 40.2 Å². The molecule has 1 N–H and O–H groups in total. The Bertz CT molecular complexity index is 996. The molecule has 0 bridgehead atoms. The molecule has 0 aliphatic heterocycles. The second-order valence-corrected chi connectivity index (χ2v) is 10.3. The van der Waals surface area contributed by atoms with E-state index in [1.807, 2.05) is 0 Å². The van der Waals surface area contributed by atoms with E-state index in [1.165, 1.54) is 38.4 Å². The van der Waals surface area contributed by atoms with E-state index in [-0.39, 0.29) is 10.8 Å². The molecule has 1 heterocycles.